The lowest BCUT2D eigenvalue weighted by atomic mass is 10.0. The van der Waals surface area contributed by atoms with Crippen LogP contribution in [0.15, 0.2) is 0 Å². The number of hydrogen-bond acceptors (Lipinski definition) is 5. The number of aliphatic hydroxyl groups excluding tert-OH is 2. The van der Waals surface area contributed by atoms with Gasteiger partial charge in [-0.1, -0.05) is 328 Å². The molecule has 3 N–H and O–H groups in total. The molecule has 0 fully saturated rings. The van der Waals surface area contributed by atoms with E-state index in [9.17, 15) is 19.8 Å². The van der Waals surface area contributed by atoms with Gasteiger partial charge in [-0.3, -0.25) is 9.59 Å². The van der Waals surface area contributed by atoms with Crippen LogP contribution in [0.1, 0.15) is 367 Å². The second-order valence-electron chi connectivity index (χ2n) is 22.1. The van der Waals surface area contributed by atoms with Crippen LogP contribution in [0.3, 0.4) is 0 Å². The minimum Gasteiger partial charge on any atom is -0.466 e. The largest absolute Gasteiger partial charge is 0.466 e. The van der Waals surface area contributed by atoms with Gasteiger partial charge < -0.3 is 20.3 Å². The second-order valence-corrected chi connectivity index (χ2v) is 22.1. The number of hydrogen-bond donors (Lipinski definition) is 3. The van der Waals surface area contributed by atoms with E-state index in [4.69, 9.17) is 4.74 Å². The Bertz CT molecular complexity index is 990. The molecule has 0 rings (SSSR count). The van der Waals surface area contributed by atoms with Crippen molar-refractivity contribution in [3.8, 4) is 0 Å². The first kappa shape index (κ1) is 67.9. The number of unbranched alkanes of at least 4 members (excludes halogenated alkanes) is 49. The van der Waals surface area contributed by atoms with Crippen LogP contribution in [-0.2, 0) is 14.3 Å². The summed E-state index contributed by atoms with van der Waals surface area (Å²) in [6.45, 7) is 4.98. The number of amides is 1. The molecular formula is C63H125NO5. The van der Waals surface area contributed by atoms with Crippen molar-refractivity contribution in [1.82, 2.24) is 5.32 Å². The third kappa shape index (κ3) is 56.0. The summed E-state index contributed by atoms with van der Waals surface area (Å²) in [6, 6.07) is -0.538. The van der Waals surface area contributed by atoms with Crippen LogP contribution in [0.25, 0.3) is 0 Å². The Morgan fingerprint density at radius 1 is 0.348 bits per heavy atom. The minimum atomic E-state index is -0.661. The van der Waals surface area contributed by atoms with E-state index in [0.717, 1.165) is 38.5 Å². The van der Waals surface area contributed by atoms with Crippen LogP contribution in [0.4, 0.5) is 0 Å². The van der Waals surface area contributed by atoms with E-state index in [0.29, 0.717) is 25.9 Å². The zero-order valence-corrected chi connectivity index (χ0v) is 47.1. The normalized spacial score (nSPS) is 12.5. The molecule has 6 heteroatoms. The van der Waals surface area contributed by atoms with Crippen LogP contribution in [0.2, 0.25) is 0 Å². The average molecular weight is 977 g/mol. The standard InChI is InChI=1S/C63H125NO5/c1-3-5-7-9-11-13-15-17-32-35-39-43-47-51-55-61(66)60(59-65)64-62(67)56-52-48-44-40-36-33-30-28-26-24-22-20-18-19-21-23-25-27-29-31-34-38-42-46-50-54-58-69-63(68)57-53-49-45-41-37-16-14-12-10-8-6-4-2/h60-61,65-66H,3-59H2,1-2H3,(H,64,67). The van der Waals surface area contributed by atoms with Crippen molar-refractivity contribution in [2.45, 2.75) is 379 Å². The highest BCUT2D eigenvalue weighted by Crippen LogP contribution is 2.19. The molecule has 0 aliphatic rings. The van der Waals surface area contributed by atoms with E-state index in [1.165, 1.54) is 295 Å². The van der Waals surface area contributed by atoms with Crippen molar-refractivity contribution in [2.75, 3.05) is 13.2 Å². The fourth-order valence-electron chi connectivity index (χ4n) is 10.3. The van der Waals surface area contributed by atoms with E-state index in [-0.39, 0.29) is 18.5 Å². The molecule has 0 aliphatic carbocycles. The molecule has 1 amide bonds. The van der Waals surface area contributed by atoms with Gasteiger partial charge >= 0.3 is 5.97 Å². The van der Waals surface area contributed by atoms with E-state index in [1.54, 1.807) is 0 Å². The third-order valence-electron chi connectivity index (χ3n) is 15.2. The second kappa shape index (κ2) is 59.4. The zero-order chi connectivity index (χ0) is 50.0. The van der Waals surface area contributed by atoms with E-state index >= 15 is 0 Å². The van der Waals surface area contributed by atoms with Gasteiger partial charge in [0.25, 0.3) is 0 Å². The fourth-order valence-corrected chi connectivity index (χ4v) is 10.3. The van der Waals surface area contributed by atoms with Gasteiger partial charge in [0, 0.05) is 12.8 Å². The lowest BCUT2D eigenvalue weighted by Crippen LogP contribution is -2.45. The van der Waals surface area contributed by atoms with Crippen molar-refractivity contribution >= 4 is 11.9 Å². The maximum Gasteiger partial charge on any atom is 0.305 e. The predicted molar refractivity (Wildman–Crippen MR) is 301 cm³/mol. The molecule has 0 saturated heterocycles. The van der Waals surface area contributed by atoms with Gasteiger partial charge in [0.1, 0.15) is 0 Å². The Kier molecular flexibility index (Phi) is 58.4. The van der Waals surface area contributed by atoms with Crippen LogP contribution < -0.4 is 5.32 Å². The van der Waals surface area contributed by atoms with Gasteiger partial charge in [0.05, 0.1) is 25.4 Å². The fraction of sp³-hybridized carbons (Fsp3) is 0.968. The average Bonchev–Trinajstić information content (AvgIpc) is 3.35. The molecule has 6 nitrogen and oxygen atoms in total. The van der Waals surface area contributed by atoms with Gasteiger partial charge in [-0.25, -0.2) is 0 Å². The van der Waals surface area contributed by atoms with Crippen molar-refractivity contribution in [1.29, 1.82) is 0 Å². The molecule has 0 saturated carbocycles. The number of ether oxygens (including phenoxy) is 1. The molecule has 0 aliphatic heterocycles. The van der Waals surface area contributed by atoms with Gasteiger partial charge in [0.2, 0.25) is 5.91 Å². The van der Waals surface area contributed by atoms with Crippen molar-refractivity contribution < 1.29 is 24.5 Å². The topological polar surface area (TPSA) is 95.9 Å². The quantitative estimate of drug-likeness (QED) is 0.0417. The molecule has 0 aromatic rings. The van der Waals surface area contributed by atoms with Crippen LogP contribution in [0, 0.1) is 0 Å². The molecule has 69 heavy (non-hydrogen) atoms. The Labute approximate surface area is 432 Å². The maximum absolute atomic E-state index is 12.5. The highest BCUT2D eigenvalue weighted by molar-refractivity contribution is 5.76. The molecule has 0 heterocycles. The number of esters is 1. The first-order chi connectivity index (χ1) is 34.0. The van der Waals surface area contributed by atoms with Crippen molar-refractivity contribution in [2.24, 2.45) is 0 Å². The summed E-state index contributed by atoms with van der Waals surface area (Å²) in [7, 11) is 0. The van der Waals surface area contributed by atoms with Crippen LogP contribution >= 0.6 is 0 Å². The zero-order valence-electron chi connectivity index (χ0n) is 47.1. The molecule has 0 radical (unpaired) electrons. The highest BCUT2D eigenvalue weighted by Gasteiger charge is 2.20. The van der Waals surface area contributed by atoms with Gasteiger partial charge in [-0.05, 0) is 25.7 Å². The molecule has 2 atom stereocenters. The number of carbonyl (C=O) groups is 2. The summed E-state index contributed by atoms with van der Waals surface area (Å²) in [5.41, 5.74) is 0. The van der Waals surface area contributed by atoms with E-state index in [2.05, 4.69) is 19.2 Å². The molecule has 2 unspecified atom stereocenters. The SMILES string of the molecule is CCCCCCCCCCCCCCCCC(O)C(CO)NC(=O)CCCCCCCCCCCCCCCCCCCCCCCCCCCCOC(=O)CCCCCCCCCCCCCC. The van der Waals surface area contributed by atoms with Crippen LogP contribution in [0.5, 0.6) is 0 Å². The first-order valence-corrected chi connectivity index (χ1v) is 31.8. The Morgan fingerprint density at radius 2 is 0.594 bits per heavy atom. The number of rotatable bonds is 60. The lowest BCUT2D eigenvalue weighted by Gasteiger charge is -2.22. The van der Waals surface area contributed by atoms with Crippen molar-refractivity contribution in [3.05, 3.63) is 0 Å². The van der Waals surface area contributed by atoms with E-state index in [1.807, 2.05) is 0 Å². The monoisotopic (exact) mass is 976 g/mol. The molecular weight excluding hydrogens is 851 g/mol. The summed E-state index contributed by atoms with van der Waals surface area (Å²) in [6.07, 6.45) is 69.8. The summed E-state index contributed by atoms with van der Waals surface area (Å²) in [5.74, 6) is -0.0110. The Morgan fingerprint density at radius 3 is 0.884 bits per heavy atom. The van der Waals surface area contributed by atoms with Crippen molar-refractivity contribution in [3.63, 3.8) is 0 Å². The summed E-state index contributed by atoms with van der Waals surface area (Å²) in [5, 5.41) is 23.3. The van der Waals surface area contributed by atoms with Crippen LogP contribution in [-0.4, -0.2) is 47.4 Å². The number of aliphatic hydroxyl groups is 2. The van der Waals surface area contributed by atoms with Gasteiger partial charge in [0.15, 0.2) is 0 Å². The van der Waals surface area contributed by atoms with Gasteiger partial charge in [-0.15, -0.1) is 0 Å². The summed E-state index contributed by atoms with van der Waals surface area (Å²) >= 11 is 0. The Balaban J connectivity index is 3.33. The maximum atomic E-state index is 12.5. The molecule has 0 aromatic carbocycles. The molecule has 0 bridgehead atoms. The lowest BCUT2D eigenvalue weighted by molar-refractivity contribution is -0.143. The number of nitrogens with one attached hydrogen (secondary N) is 1. The predicted octanol–water partition coefficient (Wildman–Crippen LogP) is 19.9. The first-order valence-electron chi connectivity index (χ1n) is 31.8. The molecule has 0 aromatic heterocycles. The van der Waals surface area contributed by atoms with E-state index < -0.39 is 12.1 Å². The Hall–Kier alpha value is -1.14. The molecule has 412 valence electrons. The smallest absolute Gasteiger partial charge is 0.305 e. The number of carbonyl (C=O) groups excluding carboxylic acids is 2. The molecule has 0 spiro atoms. The minimum absolute atomic E-state index is 0.0188. The summed E-state index contributed by atoms with van der Waals surface area (Å²) in [4.78, 5) is 24.5. The highest BCUT2D eigenvalue weighted by atomic mass is 16.5. The van der Waals surface area contributed by atoms with Gasteiger partial charge in [-0.2, -0.15) is 0 Å². The summed E-state index contributed by atoms with van der Waals surface area (Å²) < 4.78 is 5.48. The third-order valence-corrected chi connectivity index (χ3v) is 15.2.